The van der Waals surface area contributed by atoms with E-state index in [0.717, 1.165) is 7.11 Å². The van der Waals surface area contributed by atoms with Crippen molar-refractivity contribution in [1.29, 1.82) is 0 Å². The molecule has 15 heavy (non-hydrogen) atoms. The smallest absolute Gasteiger partial charge is 0.219 e. The number of amides is 1. The average Bonchev–Trinajstić information content (AvgIpc) is 2.19. The fourth-order valence-electron chi connectivity index (χ4n) is 0.839. The molecule has 1 amide bonds. The van der Waals surface area contributed by atoms with E-state index in [-0.39, 0.29) is 12.5 Å². The van der Waals surface area contributed by atoms with Crippen LogP contribution in [0.25, 0.3) is 0 Å². The fourth-order valence-corrected chi connectivity index (χ4v) is 0.839. The largest absolute Gasteiger partial charge is 0.400 e. The summed E-state index contributed by atoms with van der Waals surface area (Å²) in [5.41, 5.74) is 0. The monoisotopic (exact) mass is 223 g/mol. The Hall–Kier alpha value is -0.690. The highest BCUT2D eigenvalue weighted by Gasteiger charge is 2.22. The molecular weight excluding hydrogens is 202 g/mol. The molecule has 4 N–H and O–H groups in total. The van der Waals surface area contributed by atoms with Gasteiger partial charge in [0.15, 0.2) is 0 Å². The fraction of sp³-hybridized carbons (Fsp3) is 0.889. The molecule has 0 radical (unpaired) electrons. The molecule has 0 fully saturated rings. The molecule has 0 bridgehead atoms. The van der Waals surface area contributed by atoms with Crippen LogP contribution in [0.3, 0.4) is 0 Å². The zero-order chi connectivity index (χ0) is 12.6. The van der Waals surface area contributed by atoms with Crippen molar-refractivity contribution in [2.75, 3.05) is 20.7 Å². The maximum absolute atomic E-state index is 10.7. The van der Waals surface area contributed by atoms with Crippen LogP contribution in [0.2, 0.25) is 0 Å². The number of carbonyl (C=O) groups is 1. The normalized spacial score (nSPS) is 15.7. The van der Waals surface area contributed by atoms with E-state index in [0.29, 0.717) is 0 Å². The van der Waals surface area contributed by atoms with Crippen LogP contribution in [-0.4, -0.2) is 70.2 Å². The van der Waals surface area contributed by atoms with Crippen molar-refractivity contribution in [2.45, 2.75) is 32.2 Å². The minimum atomic E-state index is -1.22. The van der Waals surface area contributed by atoms with Crippen molar-refractivity contribution in [3.63, 3.8) is 0 Å². The molecule has 0 rings (SSSR count). The summed E-state index contributed by atoms with van der Waals surface area (Å²) in [7, 11) is 2.51. The van der Waals surface area contributed by atoms with Crippen LogP contribution >= 0.6 is 0 Å². The maximum atomic E-state index is 10.7. The molecular formula is C9H21NO5. The predicted octanol–water partition coefficient (Wildman–Crippen LogP) is -1.82. The molecule has 0 saturated carbocycles. The van der Waals surface area contributed by atoms with Crippen molar-refractivity contribution in [3.8, 4) is 0 Å². The first-order chi connectivity index (χ1) is 6.86. The number of carbonyl (C=O) groups excluding carboxylic acids is 1. The van der Waals surface area contributed by atoms with Crippen LogP contribution in [0.4, 0.5) is 0 Å². The van der Waals surface area contributed by atoms with E-state index in [1.165, 1.54) is 25.8 Å². The van der Waals surface area contributed by atoms with Crippen LogP contribution in [-0.2, 0) is 4.79 Å². The summed E-state index contributed by atoms with van der Waals surface area (Å²) in [6.07, 6.45) is -3.34. The summed E-state index contributed by atoms with van der Waals surface area (Å²) in [6.45, 7) is 2.75. The molecule has 6 nitrogen and oxygen atoms in total. The molecule has 0 spiro atoms. The topological polar surface area (TPSA) is 101 Å². The third kappa shape index (κ3) is 7.26. The number of likely N-dealkylation sites (N-methyl/N-ethyl adjacent to an activating group) is 1. The Labute approximate surface area is 89.8 Å². The second kappa shape index (κ2) is 8.60. The van der Waals surface area contributed by atoms with Gasteiger partial charge in [0.25, 0.3) is 0 Å². The first kappa shape index (κ1) is 16.7. The predicted molar refractivity (Wildman–Crippen MR) is 55.1 cm³/mol. The number of hydrogen-bond acceptors (Lipinski definition) is 5. The van der Waals surface area contributed by atoms with E-state index in [2.05, 4.69) is 0 Å². The van der Waals surface area contributed by atoms with Crippen molar-refractivity contribution in [1.82, 2.24) is 4.90 Å². The molecule has 0 aromatic heterocycles. The highest BCUT2D eigenvalue weighted by molar-refractivity contribution is 5.72. The lowest BCUT2D eigenvalue weighted by atomic mass is 10.1. The lowest BCUT2D eigenvalue weighted by Gasteiger charge is -2.24. The zero-order valence-corrected chi connectivity index (χ0v) is 9.58. The van der Waals surface area contributed by atoms with Crippen LogP contribution in [0.1, 0.15) is 13.8 Å². The standard InChI is InChI=1S/C8H17NO4.CH4O/c1-5(10)8(13)7(12)4-9(3)6(2)11;1-2/h5,7-8,10,12-13H,4H2,1-3H3;2H,1H3. The minimum absolute atomic E-state index is 0.0153. The maximum Gasteiger partial charge on any atom is 0.219 e. The third-order valence-electron chi connectivity index (χ3n) is 1.89. The SMILES string of the molecule is CC(=O)N(C)CC(O)C(O)C(C)O.CO. The van der Waals surface area contributed by atoms with Gasteiger partial charge in [-0.3, -0.25) is 4.79 Å². The lowest BCUT2D eigenvalue weighted by Crippen LogP contribution is -2.43. The average molecular weight is 223 g/mol. The van der Waals surface area contributed by atoms with Gasteiger partial charge in [0.05, 0.1) is 12.2 Å². The van der Waals surface area contributed by atoms with Gasteiger partial charge in [-0.25, -0.2) is 0 Å². The van der Waals surface area contributed by atoms with E-state index >= 15 is 0 Å². The van der Waals surface area contributed by atoms with Gasteiger partial charge >= 0.3 is 0 Å². The Morgan fingerprint density at radius 2 is 1.67 bits per heavy atom. The van der Waals surface area contributed by atoms with Crippen molar-refractivity contribution in [3.05, 3.63) is 0 Å². The van der Waals surface area contributed by atoms with Gasteiger partial charge in [-0.15, -0.1) is 0 Å². The quantitative estimate of drug-likeness (QED) is 0.449. The molecule has 0 saturated heterocycles. The number of nitrogens with zero attached hydrogens (tertiary/aromatic N) is 1. The Bertz CT molecular complexity index is 174. The molecule has 0 aromatic carbocycles. The second-order valence-corrected chi connectivity index (χ2v) is 3.20. The van der Waals surface area contributed by atoms with Crippen LogP contribution in [0.15, 0.2) is 0 Å². The minimum Gasteiger partial charge on any atom is -0.400 e. The highest BCUT2D eigenvalue weighted by Crippen LogP contribution is 2.01. The summed E-state index contributed by atoms with van der Waals surface area (Å²) in [4.78, 5) is 12.0. The van der Waals surface area contributed by atoms with Gasteiger partial charge in [-0.2, -0.15) is 0 Å². The molecule has 3 unspecified atom stereocenters. The van der Waals surface area contributed by atoms with E-state index in [1.54, 1.807) is 0 Å². The Morgan fingerprint density at radius 1 is 1.27 bits per heavy atom. The van der Waals surface area contributed by atoms with E-state index < -0.39 is 18.3 Å². The van der Waals surface area contributed by atoms with Gasteiger partial charge in [-0.1, -0.05) is 0 Å². The molecule has 0 aliphatic carbocycles. The first-order valence-corrected chi connectivity index (χ1v) is 4.57. The Kier molecular flexibility index (Phi) is 9.60. The third-order valence-corrected chi connectivity index (χ3v) is 1.89. The van der Waals surface area contributed by atoms with E-state index in [4.69, 9.17) is 10.2 Å². The van der Waals surface area contributed by atoms with Crippen molar-refractivity contribution in [2.24, 2.45) is 0 Å². The summed E-state index contributed by atoms with van der Waals surface area (Å²) in [6, 6.07) is 0. The van der Waals surface area contributed by atoms with Gasteiger partial charge < -0.3 is 25.3 Å². The Morgan fingerprint density at radius 3 is 1.93 bits per heavy atom. The molecule has 0 aromatic rings. The highest BCUT2D eigenvalue weighted by atomic mass is 16.4. The summed E-state index contributed by atoms with van der Waals surface area (Å²) in [5, 5.41) is 34.4. The van der Waals surface area contributed by atoms with Gasteiger partial charge in [-0.05, 0) is 6.92 Å². The number of hydrogen-bond donors (Lipinski definition) is 4. The number of rotatable bonds is 4. The number of aliphatic hydroxyl groups excluding tert-OH is 4. The summed E-state index contributed by atoms with van der Waals surface area (Å²) >= 11 is 0. The number of aliphatic hydroxyl groups is 4. The van der Waals surface area contributed by atoms with Gasteiger partial charge in [0.2, 0.25) is 5.91 Å². The van der Waals surface area contributed by atoms with Crippen molar-refractivity contribution >= 4 is 5.91 Å². The van der Waals surface area contributed by atoms with Crippen LogP contribution < -0.4 is 0 Å². The Balaban J connectivity index is 0. The van der Waals surface area contributed by atoms with Gasteiger partial charge in [0.1, 0.15) is 6.10 Å². The molecule has 6 heteroatoms. The molecule has 92 valence electrons. The molecule has 0 aliphatic heterocycles. The molecule has 0 heterocycles. The van der Waals surface area contributed by atoms with Crippen molar-refractivity contribution < 1.29 is 25.2 Å². The zero-order valence-electron chi connectivity index (χ0n) is 9.58. The lowest BCUT2D eigenvalue weighted by molar-refractivity contribution is -0.131. The molecule has 3 atom stereocenters. The van der Waals surface area contributed by atoms with Crippen LogP contribution in [0, 0.1) is 0 Å². The van der Waals surface area contributed by atoms with Gasteiger partial charge in [0, 0.05) is 27.6 Å². The molecule has 0 aliphatic rings. The van der Waals surface area contributed by atoms with Crippen LogP contribution in [0.5, 0.6) is 0 Å². The second-order valence-electron chi connectivity index (χ2n) is 3.20. The van der Waals surface area contributed by atoms with E-state index in [1.807, 2.05) is 0 Å². The first-order valence-electron chi connectivity index (χ1n) is 4.57. The summed E-state index contributed by atoms with van der Waals surface area (Å²) < 4.78 is 0. The summed E-state index contributed by atoms with van der Waals surface area (Å²) in [5.74, 6) is -0.197. The van der Waals surface area contributed by atoms with E-state index in [9.17, 15) is 15.0 Å².